The van der Waals surface area contributed by atoms with Gasteiger partial charge in [0.15, 0.2) is 0 Å². The summed E-state index contributed by atoms with van der Waals surface area (Å²) in [7, 11) is 1.62. The molecular weight excluding hydrogens is 352 g/mol. The number of nitrogens with one attached hydrogen (secondary N) is 2. The molecule has 1 heterocycles. The van der Waals surface area contributed by atoms with Crippen LogP contribution < -0.4 is 15.4 Å². The van der Waals surface area contributed by atoms with Gasteiger partial charge in [0.1, 0.15) is 11.4 Å². The van der Waals surface area contributed by atoms with Crippen molar-refractivity contribution in [1.82, 2.24) is 9.97 Å². The molecule has 0 saturated heterocycles. The zero-order chi connectivity index (χ0) is 20.1. The van der Waals surface area contributed by atoms with Crippen LogP contribution in [-0.4, -0.2) is 23.0 Å². The first kappa shape index (κ1) is 19.4. The van der Waals surface area contributed by atoms with Gasteiger partial charge in [0.05, 0.1) is 7.11 Å². The highest BCUT2D eigenvalue weighted by Crippen LogP contribution is 2.23. The second-order valence-corrected chi connectivity index (χ2v) is 7.40. The number of carbonyl (C=O) groups is 1. The lowest BCUT2D eigenvalue weighted by atomic mass is 9.87. The maximum atomic E-state index is 12.5. The van der Waals surface area contributed by atoms with Crippen molar-refractivity contribution in [3.63, 3.8) is 0 Å². The van der Waals surface area contributed by atoms with Crippen molar-refractivity contribution in [2.45, 2.75) is 26.2 Å². The van der Waals surface area contributed by atoms with Crippen LogP contribution in [0.5, 0.6) is 5.75 Å². The van der Waals surface area contributed by atoms with Gasteiger partial charge in [0.2, 0.25) is 5.95 Å². The zero-order valence-electron chi connectivity index (χ0n) is 16.5. The van der Waals surface area contributed by atoms with Gasteiger partial charge in [-0.25, -0.2) is 9.97 Å². The summed E-state index contributed by atoms with van der Waals surface area (Å²) >= 11 is 0. The molecule has 3 rings (SSSR count). The van der Waals surface area contributed by atoms with Crippen LogP contribution in [0.15, 0.2) is 60.8 Å². The van der Waals surface area contributed by atoms with Crippen molar-refractivity contribution in [3.05, 3.63) is 72.1 Å². The number of rotatable bonds is 5. The van der Waals surface area contributed by atoms with Gasteiger partial charge in [-0.05, 0) is 53.4 Å². The largest absolute Gasteiger partial charge is 0.497 e. The number of hydrogen-bond donors (Lipinski definition) is 2. The van der Waals surface area contributed by atoms with Gasteiger partial charge in [0.25, 0.3) is 5.91 Å². The summed E-state index contributed by atoms with van der Waals surface area (Å²) in [6, 6.07) is 16.8. The molecule has 2 N–H and O–H groups in total. The number of nitrogens with zero attached hydrogens (tertiary/aromatic N) is 2. The molecule has 1 aromatic heterocycles. The van der Waals surface area contributed by atoms with Crippen molar-refractivity contribution in [3.8, 4) is 5.75 Å². The van der Waals surface area contributed by atoms with Crippen molar-refractivity contribution in [2.75, 3.05) is 17.7 Å². The Morgan fingerprint density at radius 1 is 0.929 bits per heavy atom. The fraction of sp³-hybridized carbons (Fsp3) is 0.227. The minimum Gasteiger partial charge on any atom is -0.497 e. The van der Waals surface area contributed by atoms with Crippen LogP contribution in [0.2, 0.25) is 0 Å². The average molecular weight is 376 g/mol. The molecule has 1 amide bonds. The Morgan fingerprint density at radius 2 is 1.57 bits per heavy atom. The van der Waals surface area contributed by atoms with Gasteiger partial charge in [-0.1, -0.05) is 32.9 Å². The molecule has 0 aliphatic rings. The lowest BCUT2D eigenvalue weighted by Crippen LogP contribution is -2.15. The van der Waals surface area contributed by atoms with Gasteiger partial charge >= 0.3 is 0 Å². The molecule has 0 aliphatic carbocycles. The van der Waals surface area contributed by atoms with Gasteiger partial charge in [-0.15, -0.1) is 0 Å². The lowest BCUT2D eigenvalue weighted by Gasteiger charge is -2.19. The maximum absolute atomic E-state index is 12.5. The lowest BCUT2D eigenvalue weighted by molar-refractivity contribution is 0.102. The van der Waals surface area contributed by atoms with Gasteiger partial charge in [-0.3, -0.25) is 4.79 Å². The molecule has 0 unspecified atom stereocenters. The van der Waals surface area contributed by atoms with E-state index in [1.54, 1.807) is 19.4 Å². The third-order valence-electron chi connectivity index (χ3n) is 4.24. The first-order valence-corrected chi connectivity index (χ1v) is 9.01. The summed E-state index contributed by atoms with van der Waals surface area (Å²) in [6.07, 6.45) is 1.55. The number of benzene rings is 2. The van der Waals surface area contributed by atoms with Crippen molar-refractivity contribution < 1.29 is 9.53 Å². The van der Waals surface area contributed by atoms with E-state index in [-0.39, 0.29) is 17.0 Å². The van der Waals surface area contributed by atoms with E-state index in [0.29, 0.717) is 5.95 Å². The van der Waals surface area contributed by atoms with E-state index in [1.807, 2.05) is 48.5 Å². The van der Waals surface area contributed by atoms with Crippen LogP contribution in [0.4, 0.5) is 17.3 Å². The molecule has 28 heavy (non-hydrogen) atoms. The highest BCUT2D eigenvalue weighted by Gasteiger charge is 2.14. The Morgan fingerprint density at radius 3 is 2.18 bits per heavy atom. The van der Waals surface area contributed by atoms with Crippen LogP contribution >= 0.6 is 0 Å². The number of hydrogen-bond acceptors (Lipinski definition) is 5. The molecule has 144 valence electrons. The normalized spacial score (nSPS) is 11.0. The SMILES string of the molecule is COc1ccc(Nc2nccc(C(=O)Nc3ccc(C(C)(C)C)cc3)n2)cc1. The highest BCUT2D eigenvalue weighted by atomic mass is 16.5. The topological polar surface area (TPSA) is 76.1 Å². The molecule has 0 aliphatic heterocycles. The van der Waals surface area contributed by atoms with Crippen LogP contribution in [0.25, 0.3) is 0 Å². The summed E-state index contributed by atoms with van der Waals surface area (Å²) in [5.41, 5.74) is 3.08. The van der Waals surface area contributed by atoms with Gasteiger partial charge in [0, 0.05) is 17.6 Å². The Balaban J connectivity index is 1.69. The molecular formula is C22H24N4O2. The number of ether oxygens (including phenoxy) is 1. The number of aromatic nitrogens is 2. The summed E-state index contributed by atoms with van der Waals surface area (Å²) in [4.78, 5) is 21.0. The van der Waals surface area contributed by atoms with E-state index in [1.165, 1.54) is 5.56 Å². The minimum atomic E-state index is -0.288. The van der Waals surface area contributed by atoms with Gasteiger partial charge in [-0.2, -0.15) is 0 Å². The third kappa shape index (κ3) is 4.85. The first-order valence-electron chi connectivity index (χ1n) is 9.01. The molecule has 0 radical (unpaired) electrons. The Bertz CT molecular complexity index is 946. The molecule has 2 aromatic carbocycles. The number of methoxy groups -OCH3 is 1. The van der Waals surface area contributed by atoms with Crippen LogP contribution in [0.3, 0.4) is 0 Å². The average Bonchev–Trinajstić information content (AvgIpc) is 2.68. The Hall–Kier alpha value is -3.41. The maximum Gasteiger partial charge on any atom is 0.274 e. The van der Waals surface area contributed by atoms with Gasteiger partial charge < -0.3 is 15.4 Å². The molecule has 6 nitrogen and oxygen atoms in total. The van der Waals surface area contributed by atoms with E-state index in [2.05, 4.69) is 41.4 Å². The van der Waals surface area contributed by atoms with Crippen LogP contribution in [0.1, 0.15) is 36.8 Å². The smallest absolute Gasteiger partial charge is 0.274 e. The van der Waals surface area contributed by atoms with E-state index in [4.69, 9.17) is 4.74 Å². The van der Waals surface area contributed by atoms with E-state index < -0.39 is 0 Å². The van der Waals surface area contributed by atoms with E-state index >= 15 is 0 Å². The molecule has 3 aromatic rings. The molecule has 0 fully saturated rings. The minimum absolute atomic E-state index is 0.0667. The van der Waals surface area contributed by atoms with Crippen molar-refractivity contribution >= 4 is 23.2 Å². The standard InChI is InChI=1S/C22H24N4O2/c1-22(2,3)15-5-7-16(8-6-15)24-20(27)19-13-14-23-21(26-19)25-17-9-11-18(28-4)12-10-17/h5-14H,1-4H3,(H,24,27)(H,23,25,26). The van der Waals surface area contributed by atoms with Crippen LogP contribution in [0, 0.1) is 0 Å². The molecule has 6 heteroatoms. The quantitative estimate of drug-likeness (QED) is 0.670. The monoisotopic (exact) mass is 376 g/mol. The molecule has 0 bridgehead atoms. The number of anilines is 3. The molecule has 0 spiro atoms. The number of amides is 1. The number of carbonyl (C=O) groups excluding carboxylic acids is 1. The second kappa shape index (κ2) is 8.08. The molecule has 0 atom stereocenters. The molecule has 0 saturated carbocycles. The Kier molecular flexibility index (Phi) is 5.59. The second-order valence-electron chi connectivity index (χ2n) is 7.40. The van der Waals surface area contributed by atoms with Crippen molar-refractivity contribution in [2.24, 2.45) is 0 Å². The summed E-state index contributed by atoms with van der Waals surface area (Å²) in [5, 5.41) is 5.95. The van der Waals surface area contributed by atoms with Crippen molar-refractivity contribution in [1.29, 1.82) is 0 Å². The predicted octanol–water partition coefficient (Wildman–Crippen LogP) is 4.78. The van der Waals surface area contributed by atoms with E-state index in [9.17, 15) is 4.79 Å². The fourth-order valence-electron chi connectivity index (χ4n) is 2.60. The summed E-state index contributed by atoms with van der Waals surface area (Å²) in [5.74, 6) is 0.821. The highest BCUT2D eigenvalue weighted by molar-refractivity contribution is 6.03. The zero-order valence-corrected chi connectivity index (χ0v) is 16.5. The predicted molar refractivity (Wildman–Crippen MR) is 111 cm³/mol. The summed E-state index contributed by atoms with van der Waals surface area (Å²) < 4.78 is 5.14. The fourth-order valence-corrected chi connectivity index (χ4v) is 2.60. The third-order valence-corrected chi connectivity index (χ3v) is 4.24. The first-order chi connectivity index (χ1) is 13.3. The summed E-state index contributed by atoms with van der Waals surface area (Å²) in [6.45, 7) is 6.45. The van der Waals surface area contributed by atoms with E-state index in [0.717, 1.165) is 17.1 Å². The Labute approximate surface area is 165 Å². The van der Waals surface area contributed by atoms with Crippen LogP contribution in [-0.2, 0) is 5.41 Å².